The number of aliphatic imine (C=N–C) groups is 1. The molecule has 0 fully saturated rings. The summed E-state index contributed by atoms with van der Waals surface area (Å²) in [5, 5.41) is 12.2. The standard InChI is InChI=1S/C10H11N4O2/c11-10-12-7-4-6-2-1-3-16-9(6)5-8(7)14(15)13-10/h4-5H,1-3H2,(H3,11,12,13)/q-1. The molecule has 84 valence electrons. The topological polar surface area (TPSA) is 85.9 Å². The molecule has 0 aliphatic carbocycles. The van der Waals surface area contributed by atoms with Crippen LogP contribution < -0.4 is 21.1 Å². The number of aryl methyl sites for hydroxylation is 1. The average molecular weight is 219 g/mol. The summed E-state index contributed by atoms with van der Waals surface area (Å²) in [6.07, 6.45) is 1.94. The number of fused-ring (bicyclic) bond motifs is 2. The summed E-state index contributed by atoms with van der Waals surface area (Å²) in [6, 6.07) is 3.57. The minimum absolute atomic E-state index is 0.110. The minimum Gasteiger partial charge on any atom is -0.739 e. The lowest BCUT2D eigenvalue weighted by molar-refractivity contribution is 0.288. The summed E-state index contributed by atoms with van der Waals surface area (Å²) in [7, 11) is 0. The fourth-order valence-electron chi connectivity index (χ4n) is 1.95. The maximum atomic E-state index is 11.6. The molecule has 3 N–H and O–H groups in total. The van der Waals surface area contributed by atoms with Crippen molar-refractivity contribution in [3.8, 4) is 5.75 Å². The van der Waals surface area contributed by atoms with Gasteiger partial charge in [-0.3, -0.25) is 5.43 Å². The maximum absolute atomic E-state index is 11.6. The van der Waals surface area contributed by atoms with E-state index in [4.69, 9.17) is 10.5 Å². The number of nitrogens with one attached hydrogen (secondary N) is 1. The van der Waals surface area contributed by atoms with Gasteiger partial charge in [-0.25, -0.2) is 4.99 Å². The fourth-order valence-corrected chi connectivity index (χ4v) is 1.95. The highest BCUT2D eigenvalue weighted by Crippen LogP contribution is 2.38. The third-order valence-corrected chi connectivity index (χ3v) is 2.68. The first kappa shape index (κ1) is 9.29. The van der Waals surface area contributed by atoms with Gasteiger partial charge in [-0.1, -0.05) is 0 Å². The van der Waals surface area contributed by atoms with Crippen molar-refractivity contribution >= 4 is 17.3 Å². The third kappa shape index (κ3) is 1.35. The van der Waals surface area contributed by atoms with Gasteiger partial charge in [0, 0.05) is 6.07 Å². The van der Waals surface area contributed by atoms with E-state index in [1.807, 2.05) is 6.07 Å². The number of rotatable bonds is 0. The second-order valence-electron chi connectivity index (χ2n) is 3.80. The molecule has 2 heterocycles. The summed E-state index contributed by atoms with van der Waals surface area (Å²) < 4.78 is 5.49. The smallest absolute Gasteiger partial charge is 0.212 e. The Hall–Kier alpha value is -1.95. The Kier molecular flexibility index (Phi) is 1.90. The van der Waals surface area contributed by atoms with Crippen LogP contribution in [-0.2, 0) is 6.42 Å². The number of hydrogen-bond acceptors (Lipinski definition) is 6. The summed E-state index contributed by atoms with van der Waals surface area (Å²) >= 11 is 0. The highest BCUT2D eigenvalue weighted by atomic mass is 16.5. The Morgan fingerprint density at radius 1 is 1.50 bits per heavy atom. The average Bonchev–Trinajstić information content (AvgIpc) is 2.27. The molecule has 1 aromatic rings. The molecule has 16 heavy (non-hydrogen) atoms. The normalized spacial score (nSPS) is 17.8. The zero-order chi connectivity index (χ0) is 11.1. The molecule has 0 radical (unpaired) electrons. The van der Waals surface area contributed by atoms with E-state index < -0.39 is 0 Å². The molecule has 2 aliphatic heterocycles. The Morgan fingerprint density at radius 3 is 3.25 bits per heavy atom. The van der Waals surface area contributed by atoms with E-state index in [1.165, 1.54) is 0 Å². The van der Waals surface area contributed by atoms with Crippen LogP contribution >= 0.6 is 0 Å². The van der Waals surface area contributed by atoms with E-state index >= 15 is 0 Å². The minimum atomic E-state index is 0.110. The number of nitrogens with two attached hydrogens (primary N) is 1. The van der Waals surface area contributed by atoms with E-state index in [0.717, 1.165) is 24.2 Å². The van der Waals surface area contributed by atoms with Crippen LogP contribution in [0.25, 0.3) is 0 Å². The van der Waals surface area contributed by atoms with Gasteiger partial charge in [0.05, 0.1) is 18.0 Å². The van der Waals surface area contributed by atoms with Crippen molar-refractivity contribution in [2.24, 2.45) is 10.7 Å². The van der Waals surface area contributed by atoms with Crippen LogP contribution in [0.5, 0.6) is 5.75 Å². The summed E-state index contributed by atoms with van der Waals surface area (Å²) in [5.41, 5.74) is 9.99. The number of anilines is 1. The summed E-state index contributed by atoms with van der Waals surface area (Å²) in [6.45, 7) is 0.698. The zero-order valence-electron chi connectivity index (χ0n) is 8.56. The molecule has 3 rings (SSSR count). The number of hydrogen-bond donors (Lipinski definition) is 2. The van der Waals surface area contributed by atoms with E-state index in [0.29, 0.717) is 23.2 Å². The Morgan fingerprint density at radius 2 is 2.38 bits per heavy atom. The number of guanidine groups is 1. The van der Waals surface area contributed by atoms with Crippen LogP contribution in [0.2, 0.25) is 0 Å². The fraction of sp³-hybridized carbons (Fsp3) is 0.300. The van der Waals surface area contributed by atoms with Crippen molar-refractivity contribution < 1.29 is 4.74 Å². The number of hydrazine groups is 1. The second-order valence-corrected chi connectivity index (χ2v) is 3.80. The molecule has 0 bridgehead atoms. The van der Waals surface area contributed by atoms with Crippen LogP contribution in [0.1, 0.15) is 12.0 Å². The van der Waals surface area contributed by atoms with Crippen molar-refractivity contribution in [1.29, 1.82) is 0 Å². The van der Waals surface area contributed by atoms with E-state index in [1.54, 1.807) is 6.07 Å². The molecule has 0 unspecified atom stereocenters. The first-order valence-corrected chi connectivity index (χ1v) is 5.12. The molecule has 0 spiro atoms. The third-order valence-electron chi connectivity index (χ3n) is 2.68. The van der Waals surface area contributed by atoms with Gasteiger partial charge < -0.3 is 20.9 Å². The molecule has 0 aromatic heterocycles. The SMILES string of the molecule is NC1=Nc2cc3c(cc2N([O-])N1)OCCC3. The largest absolute Gasteiger partial charge is 0.739 e. The molecule has 6 nitrogen and oxygen atoms in total. The van der Waals surface area contributed by atoms with Gasteiger partial charge in [-0.15, -0.1) is 0 Å². The van der Waals surface area contributed by atoms with Gasteiger partial charge in [0.1, 0.15) is 5.75 Å². The van der Waals surface area contributed by atoms with Crippen LogP contribution in [0.3, 0.4) is 0 Å². The molecule has 0 saturated carbocycles. The lowest BCUT2D eigenvalue weighted by Gasteiger charge is -2.36. The van der Waals surface area contributed by atoms with E-state index in [-0.39, 0.29) is 5.96 Å². The van der Waals surface area contributed by atoms with Crippen LogP contribution in [0, 0.1) is 5.21 Å². The Balaban J connectivity index is 2.14. The van der Waals surface area contributed by atoms with Crippen molar-refractivity contribution in [1.82, 2.24) is 5.43 Å². The number of ether oxygens (including phenoxy) is 1. The first-order valence-electron chi connectivity index (χ1n) is 5.12. The maximum Gasteiger partial charge on any atom is 0.212 e. The summed E-state index contributed by atoms with van der Waals surface area (Å²) in [5.74, 6) is 0.877. The number of benzene rings is 1. The van der Waals surface area contributed by atoms with Gasteiger partial charge in [0.25, 0.3) is 0 Å². The van der Waals surface area contributed by atoms with Crippen LogP contribution in [0.4, 0.5) is 11.4 Å². The second kappa shape index (κ2) is 3.28. The molecule has 0 saturated heterocycles. The molecule has 0 amide bonds. The molecular weight excluding hydrogens is 208 g/mol. The Bertz CT molecular complexity index is 472. The highest BCUT2D eigenvalue weighted by molar-refractivity contribution is 5.89. The van der Waals surface area contributed by atoms with Crippen LogP contribution in [0.15, 0.2) is 17.1 Å². The molecule has 2 aliphatic rings. The van der Waals surface area contributed by atoms with Gasteiger partial charge in [-0.2, -0.15) is 0 Å². The number of nitrogens with zero attached hydrogens (tertiary/aromatic N) is 2. The predicted molar refractivity (Wildman–Crippen MR) is 60.5 cm³/mol. The molecule has 0 atom stereocenters. The van der Waals surface area contributed by atoms with Gasteiger partial charge >= 0.3 is 0 Å². The van der Waals surface area contributed by atoms with Gasteiger partial charge in [-0.05, 0) is 24.5 Å². The van der Waals surface area contributed by atoms with Gasteiger partial charge in [0.2, 0.25) is 5.96 Å². The van der Waals surface area contributed by atoms with E-state index in [2.05, 4.69) is 10.4 Å². The van der Waals surface area contributed by atoms with Crippen molar-refractivity contribution in [2.45, 2.75) is 12.8 Å². The van der Waals surface area contributed by atoms with Crippen molar-refractivity contribution in [3.63, 3.8) is 0 Å². The molecule has 6 heteroatoms. The highest BCUT2D eigenvalue weighted by Gasteiger charge is 2.18. The quantitative estimate of drug-likeness (QED) is 0.673. The first-order chi connectivity index (χ1) is 7.74. The van der Waals surface area contributed by atoms with Crippen molar-refractivity contribution in [3.05, 3.63) is 22.9 Å². The van der Waals surface area contributed by atoms with Crippen molar-refractivity contribution in [2.75, 3.05) is 11.8 Å². The Labute approximate surface area is 92.3 Å². The summed E-state index contributed by atoms with van der Waals surface area (Å²) in [4.78, 5) is 4.09. The predicted octanol–water partition coefficient (Wildman–Crippen LogP) is 0.780. The van der Waals surface area contributed by atoms with Gasteiger partial charge in [0.15, 0.2) is 0 Å². The lowest BCUT2D eigenvalue weighted by atomic mass is 10.0. The monoisotopic (exact) mass is 219 g/mol. The zero-order valence-corrected chi connectivity index (χ0v) is 8.56. The van der Waals surface area contributed by atoms with Crippen LogP contribution in [-0.4, -0.2) is 12.6 Å². The molecular formula is C10H11N4O2-. The lowest BCUT2D eigenvalue weighted by Crippen LogP contribution is -2.44. The molecule has 1 aromatic carbocycles. The van der Waals surface area contributed by atoms with E-state index in [9.17, 15) is 5.21 Å².